The Morgan fingerprint density at radius 1 is 1.00 bits per heavy atom. The monoisotopic (exact) mass is 210 g/mol. The number of H-pyrrole nitrogens is 1. The number of aromatic nitrogens is 1. The maximum atomic E-state index is 11.1. The lowest BCUT2D eigenvalue weighted by Crippen LogP contribution is -2.10. The molecule has 78 valence electrons. The molecular weight excluding hydrogens is 200 g/mol. The number of primary amides is 1. The highest BCUT2D eigenvalue weighted by atomic mass is 16.1. The Morgan fingerprint density at radius 3 is 2.56 bits per heavy atom. The number of carbonyl (C=O) groups is 1. The summed E-state index contributed by atoms with van der Waals surface area (Å²) in [6.45, 7) is 0. The van der Waals surface area contributed by atoms with Crippen molar-refractivity contribution in [2.75, 3.05) is 0 Å². The zero-order valence-corrected chi connectivity index (χ0v) is 8.53. The van der Waals surface area contributed by atoms with Crippen LogP contribution < -0.4 is 5.73 Å². The fourth-order valence-corrected chi connectivity index (χ4v) is 2.01. The third-order valence-electron chi connectivity index (χ3n) is 2.79. The van der Waals surface area contributed by atoms with Crippen molar-refractivity contribution in [3.63, 3.8) is 0 Å². The molecule has 1 heterocycles. The van der Waals surface area contributed by atoms with Gasteiger partial charge in [-0.05, 0) is 18.2 Å². The molecule has 3 nitrogen and oxygen atoms in total. The number of aromatic amines is 1. The summed E-state index contributed by atoms with van der Waals surface area (Å²) in [5.41, 5.74) is 7.78. The van der Waals surface area contributed by atoms with Gasteiger partial charge in [0.1, 0.15) is 0 Å². The zero-order valence-electron chi connectivity index (χ0n) is 8.53. The number of amides is 1. The summed E-state index contributed by atoms with van der Waals surface area (Å²) in [6.07, 6.45) is 0. The first-order valence-corrected chi connectivity index (χ1v) is 5.06. The molecule has 0 spiro atoms. The highest BCUT2D eigenvalue weighted by molar-refractivity contribution is 6.09. The van der Waals surface area contributed by atoms with Crippen molar-refractivity contribution in [1.82, 2.24) is 4.98 Å². The average Bonchev–Trinajstić information content (AvgIpc) is 2.66. The Labute approximate surface area is 91.9 Å². The van der Waals surface area contributed by atoms with E-state index in [1.807, 2.05) is 24.3 Å². The largest absolute Gasteiger partial charge is 0.366 e. The minimum atomic E-state index is -0.402. The van der Waals surface area contributed by atoms with E-state index in [0.29, 0.717) is 5.56 Å². The van der Waals surface area contributed by atoms with E-state index in [4.69, 9.17) is 5.73 Å². The van der Waals surface area contributed by atoms with Crippen molar-refractivity contribution in [1.29, 1.82) is 0 Å². The van der Waals surface area contributed by atoms with E-state index in [-0.39, 0.29) is 0 Å². The SMILES string of the molecule is NC(=O)c1ccc2c(c1)[nH]c1ccccc12. The van der Waals surface area contributed by atoms with Gasteiger partial charge in [0.25, 0.3) is 0 Å². The van der Waals surface area contributed by atoms with Crippen molar-refractivity contribution in [3.05, 3.63) is 48.0 Å². The highest BCUT2D eigenvalue weighted by Crippen LogP contribution is 2.25. The molecule has 2 aromatic carbocycles. The molecule has 0 fully saturated rings. The Morgan fingerprint density at radius 2 is 1.75 bits per heavy atom. The fraction of sp³-hybridized carbons (Fsp3) is 0. The van der Waals surface area contributed by atoms with Gasteiger partial charge in [-0.15, -0.1) is 0 Å². The molecule has 3 rings (SSSR count). The van der Waals surface area contributed by atoms with E-state index < -0.39 is 5.91 Å². The zero-order chi connectivity index (χ0) is 11.1. The van der Waals surface area contributed by atoms with E-state index >= 15 is 0 Å². The summed E-state index contributed by atoms with van der Waals surface area (Å²) >= 11 is 0. The number of nitrogens with one attached hydrogen (secondary N) is 1. The van der Waals surface area contributed by atoms with Gasteiger partial charge in [0.05, 0.1) is 0 Å². The maximum Gasteiger partial charge on any atom is 0.248 e. The van der Waals surface area contributed by atoms with Crippen molar-refractivity contribution in [3.8, 4) is 0 Å². The van der Waals surface area contributed by atoms with Gasteiger partial charge in [0, 0.05) is 27.4 Å². The summed E-state index contributed by atoms with van der Waals surface area (Å²) in [7, 11) is 0. The lowest BCUT2D eigenvalue weighted by molar-refractivity contribution is 0.100. The van der Waals surface area contributed by atoms with Crippen LogP contribution in [0.2, 0.25) is 0 Å². The Bertz CT molecular complexity index is 697. The molecule has 0 unspecified atom stereocenters. The van der Waals surface area contributed by atoms with Crippen LogP contribution in [0.5, 0.6) is 0 Å². The summed E-state index contributed by atoms with van der Waals surface area (Å²) in [5, 5.41) is 2.27. The molecule has 3 aromatic rings. The predicted octanol–water partition coefficient (Wildman–Crippen LogP) is 2.42. The van der Waals surface area contributed by atoms with E-state index in [2.05, 4.69) is 11.1 Å². The van der Waals surface area contributed by atoms with Gasteiger partial charge in [-0.2, -0.15) is 0 Å². The first kappa shape index (κ1) is 8.97. The number of hydrogen-bond acceptors (Lipinski definition) is 1. The molecule has 3 N–H and O–H groups in total. The molecule has 0 aliphatic rings. The Balaban J connectivity index is 2.41. The number of hydrogen-bond donors (Lipinski definition) is 2. The third kappa shape index (κ3) is 1.18. The molecule has 0 aliphatic carbocycles. The number of carbonyl (C=O) groups excluding carboxylic acids is 1. The summed E-state index contributed by atoms with van der Waals surface area (Å²) < 4.78 is 0. The predicted molar refractivity (Wildman–Crippen MR) is 64.3 cm³/mol. The molecule has 0 aliphatic heterocycles. The molecule has 0 bridgehead atoms. The van der Waals surface area contributed by atoms with Gasteiger partial charge in [-0.25, -0.2) is 0 Å². The van der Waals surface area contributed by atoms with E-state index in [9.17, 15) is 4.79 Å². The molecule has 16 heavy (non-hydrogen) atoms. The molecule has 0 saturated heterocycles. The second-order valence-corrected chi connectivity index (χ2v) is 3.80. The first-order valence-electron chi connectivity index (χ1n) is 5.06. The molecule has 0 atom stereocenters. The smallest absolute Gasteiger partial charge is 0.248 e. The second kappa shape index (κ2) is 3.10. The van der Waals surface area contributed by atoms with Crippen molar-refractivity contribution < 1.29 is 4.79 Å². The second-order valence-electron chi connectivity index (χ2n) is 3.80. The van der Waals surface area contributed by atoms with E-state index in [1.165, 1.54) is 0 Å². The van der Waals surface area contributed by atoms with Gasteiger partial charge >= 0.3 is 0 Å². The number of para-hydroxylation sites is 1. The standard InChI is InChI=1S/C13H10N2O/c14-13(16)8-5-6-10-9-3-1-2-4-11(9)15-12(10)7-8/h1-7,15H,(H2,14,16). The van der Waals surface area contributed by atoms with Crippen molar-refractivity contribution in [2.24, 2.45) is 5.73 Å². The van der Waals surface area contributed by atoms with Gasteiger partial charge < -0.3 is 10.7 Å². The van der Waals surface area contributed by atoms with Gasteiger partial charge in [0.15, 0.2) is 0 Å². The van der Waals surface area contributed by atoms with Gasteiger partial charge in [0.2, 0.25) is 5.91 Å². The third-order valence-corrected chi connectivity index (χ3v) is 2.79. The van der Waals surface area contributed by atoms with Crippen LogP contribution in [0.4, 0.5) is 0 Å². The number of nitrogens with two attached hydrogens (primary N) is 1. The maximum absolute atomic E-state index is 11.1. The summed E-state index contributed by atoms with van der Waals surface area (Å²) in [6, 6.07) is 13.5. The normalized spacial score (nSPS) is 11.0. The topological polar surface area (TPSA) is 58.9 Å². The quantitative estimate of drug-likeness (QED) is 0.636. The van der Waals surface area contributed by atoms with E-state index in [0.717, 1.165) is 21.8 Å². The van der Waals surface area contributed by atoms with Gasteiger partial charge in [-0.3, -0.25) is 4.79 Å². The minimum Gasteiger partial charge on any atom is -0.366 e. The molecule has 1 amide bonds. The van der Waals surface area contributed by atoms with Crippen molar-refractivity contribution >= 4 is 27.7 Å². The molecule has 0 radical (unpaired) electrons. The highest BCUT2D eigenvalue weighted by Gasteiger charge is 2.06. The van der Waals surface area contributed by atoms with Crippen LogP contribution in [0.25, 0.3) is 21.8 Å². The number of benzene rings is 2. The van der Waals surface area contributed by atoms with Crippen LogP contribution in [-0.4, -0.2) is 10.9 Å². The number of rotatable bonds is 1. The van der Waals surface area contributed by atoms with E-state index in [1.54, 1.807) is 12.1 Å². The van der Waals surface area contributed by atoms with Crippen LogP contribution in [-0.2, 0) is 0 Å². The van der Waals surface area contributed by atoms with Crippen LogP contribution in [0, 0.1) is 0 Å². The molecule has 3 heteroatoms. The van der Waals surface area contributed by atoms with Crippen molar-refractivity contribution in [2.45, 2.75) is 0 Å². The lowest BCUT2D eigenvalue weighted by Gasteiger charge is -1.95. The Kier molecular flexibility index (Phi) is 1.74. The molecule has 0 saturated carbocycles. The first-order chi connectivity index (χ1) is 7.75. The van der Waals surface area contributed by atoms with Crippen LogP contribution in [0.3, 0.4) is 0 Å². The van der Waals surface area contributed by atoms with Gasteiger partial charge in [-0.1, -0.05) is 24.3 Å². The summed E-state index contributed by atoms with van der Waals surface area (Å²) in [5.74, 6) is -0.402. The van der Waals surface area contributed by atoms with Crippen LogP contribution in [0.15, 0.2) is 42.5 Å². The van der Waals surface area contributed by atoms with Crippen LogP contribution >= 0.6 is 0 Å². The average molecular weight is 210 g/mol. The Hall–Kier alpha value is -2.29. The summed E-state index contributed by atoms with van der Waals surface area (Å²) in [4.78, 5) is 14.3. The fourth-order valence-electron chi connectivity index (χ4n) is 2.01. The molecule has 1 aromatic heterocycles. The number of fused-ring (bicyclic) bond motifs is 3. The lowest BCUT2D eigenvalue weighted by atomic mass is 10.1. The van der Waals surface area contributed by atoms with Crippen LogP contribution in [0.1, 0.15) is 10.4 Å². The minimum absolute atomic E-state index is 0.402. The molecular formula is C13H10N2O.